The highest BCUT2D eigenvalue weighted by atomic mass is 19.4. The molecule has 2 N–H and O–H groups in total. The zero-order chi connectivity index (χ0) is 22.5. The average molecular weight is 443 g/mol. The molecule has 6 nitrogen and oxygen atoms in total. The van der Waals surface area contributed by atoms with E-state index in [2.05, 4.69) is 9.72 Å². The summed E-state index contributed by atoms with van der Waals surface area (Å²) in [5, 5.41) is 0. The molecule has 2 fully saturated rings. The van der Waals surface area contributed by atoms with E-state index in [0.717, 1.165) is 6.07 Å². The van der Waals surface area contributed by atoms with E-state index in [1.165, 1.54) is 6.07 Å². The first-order valence-corrected chi connectivity index (χ1v) is 8.78. The highest BCUT2D eigenvalue weighted by Crippen LogP contribution is 2.44. The van der Waals surface area contributed by atoms with Gasteiger partial charge in [0.1, 0.15) is 11.7 Å². The summed E-state index contributed by atoms with van der Waals surface area (Å²) in [5.41, 5.74) is 4.74. The molecular formula is C17H16F7N3O3. The maximum absolute atomic E-state index is 13.7. The van der Waals surface area contributed by atoms with Crippen molar-refractivity contribution in [2.24, 2.45) is 5.73 Å². The molecule has 1 saturated heterocycles. The van der Waals surface area contributed by atoms with Gasteiger partial charge in [0.05, 0.1) is 6.54 Å². The Kier molecular flexibility index (Phi) is 5.35. The van der Waals surface area contributed by atoms with E-state index in [-0.39, 0.29) is 11.5 Å². The van der Waals surface area contributed by atoms with Crippen LogP contribution in [0.3, 0.4) is 0 Å². The van der Waals surface area contributed by atoms with E-state index in [1.807, 2.05) is 0 Å². The fourth-order valence-electron chi connectivity index (χ4n) is 3.06. The SMILES string of the molecule is NC(=O)[C@H]1CC(F)(F)CN1C(=O)c1ccc(C2CC2)c(OCC(F)(F)C(F)(F)F)n1. The van der Waals surface area contributed by atoms with Crippen molar-refractivity contribution in [1.82, 2.24) is 9.88 Å². The number of pyridine rings is 1. The van der Waals surface area contributed by atoms with Crippen LogP contribution in [0.25, 0.3) is 0 Å². The third-order valence-corrected chi connectivity index (χ3v) is 4.79. The van der Waals surface area contributed by atoms with Crippen LogP contribution < -0.4 is 10.5 Å². The minimum atomic E-state index is -5.85. The molecule has 1 aliphatic heterocycles. The molecular weight excluding hydrogens is 427 g/mol. The molecule has 0 aromatic carbocycles. The van der Waals surface area contributed by atoms with Crippen LogP contribution in [-0.4, -0.2) is 58.9 Å². The Morgan fingerprint density at radius 2 is 1.83 bits per heavy atom. The number of carbonyl (C=O) groups excluding carboxylic acids is 2. The van der Waals surface area contributed by atoms with E-state index in [4.69, 9.17) is 5.73 Å². The number of rotatable bonds is 6. The first kappa shape index (κ1) is 22.1. The van der Waals surface area contributed by atoms with Crippen molar-refractivity contribution in [2.75, 3.05) is 13.2 Å². The van der Waals surface area contributed by atoms with Gasteiger partial charge in [0.15, 0.2) is 6.61 Å². The second kappa shape index (κ2) is 7.27. The minimum absolute atomic E-state index is 0.189. The summed E-state index contributed by atoms with van der Waals surface area (Å²) in [7, 11) is 0. The lowest BCUT2D eigenvalue weighted by molar-refractivity contribution is -0.290. The van der Waals surface area contributed by atoms with Crippen LogP contribution in [0.1, 0.15) is 41.2 Å². The standard InChI is InChI=1S/C17H16F7N3O3/c18-15(19)5-11(12(25)28)27(6-15)14(29)10-4-3-9(8-1-2-8)13(26-10)30-7-16(20,21)17(22,23)24/h3-4,8,11H,1-2,5-7H2,(H2,25,28)/t11-/m1/s1. The molecule has 166 valence electrons. The lowest BCUT2D eigenvalue weighted by Crippen LogP contribution is -2.44. The van der Waals surface area contributed by atoms with Crippen molar-refractivity contribution >= 4 is 11.8 Å². The van der Waals surface area contributed by atoms with Crippen molar-refractivity contribution in [3.8, 4) is 5.88 Å². The maximum atomic E-state index is 13.7. The number of alkyl halides is 7. The summed E-state index contributed by atoms with van der Waals surface area (Å²) in [6.45, 7) is -3.18. The summed E-state index contributed by atoms with van der Waals surface area (Å²) >= 11 is 0. The zero-order valence-electron chi connectivity index (χ0n) is 15.2. The number of ether oxygens (including phenoxy) is 1. The lowest BCUT2D eigenvalue weighted by atomic mass is 10.1. The van der Waals surface area contributed by atoms with Gasteiger partial charge >= 0.3 is 12.1 Å². The summed E-state index contributed by atoms with van der Waals surface area (Å²) in [6, 6.07) is 0.752. The van der Waals surface area contributed by atoms with Gasteiger partial charge in [-0.1, -0.05) is 6.07 Å². The first-order chi connectivity index (χ1) is 13.7. The number of hydrogen-bond acceptors (Lipinski definition) is 4. The number of aromatic nitrogens is 1. The summed E-state index contributed by atoms with van der Waals surface area (Å²) in [6.07, 6.45) is -5.61. The van der Waals surface area contributed by atoms with Gasteiger partial charge < -0.3 is 15.4 Å². The summed E-state index contributed by atoms with van der Waals surface area (Å²) in [5.74, 6) is -11.7. The summed E-state index contributed by atoms with van der Waals surface area (Å²) < 4.78 is 95.5. The molecule has 0 spiro atoms. The van der Waals surface area contributed by atoms with Gasteiger partial charge in [-0.25, -0.2) is 13.8 Å². The third-order valence-electron chi connectivity index (χ3n) is 4.79. The van der Waals surface area contributed by atoms with Crippen LogP contribution >= 0.6 is 0 Å². The maximum Gasteiger partial charge on any atom is 0.456 e. The van der Waals surface area contributed by atoms with Gasteiger partial charge in [0.25, 0.3) is 11.8 Å². The van der Waals surface area contributed by atoms with Gasteiger partial charge in [-0.15, -0.1) is 0 Å². The first-order valence-electron chi connectivity index (χ1n) is 8.78. The molecule has 1 saturated carbocycles. The van der Waals surface area contributed by atoms with Gasteiger partial charge in [0, 0.05) is 12.0 Å². The van der Waals surface area contributed by atoms with E-state index in [1.54, 1.807) is 0 Å². The van der Waals surface area contributed by atoms with Crippen LogP contribution in [0.5, 0.6) is 5.88 Å². The zero-order valence-corrected chi connectivity index (χ0v) is 15.2. The number of nitrogens with zero attached hydrogens (tertiary/aromatic N) is 2. The Balaban J connectivity index is 1.87. The van der Waals surface area contributed by atoms with Gasteiger partial charge in [0.2, 0.25) is 11.8 Å². The highest BCUT2D eigenvalue weighted by Gasteiger charge is 2.58. The number of nitrogens with two attached hydrogens (primary N) is 1. The number of hydrogen-bond donors (Lipinski definition) is 1. The van der Waals surface area contributed by atoms with Crippen LogP contribution in [0.2, 0.25) is 0 Å². The van der Waals surface area contributed by atoms with E-state index < -0.39 is 67.0 Å². The molecule has 2 aliphatic rings. The van der Waals surface area contributed by atoms with Gasteiger partial charge in [-0.2, -0.15) is 22.0 Å². The van der Waals surface area contributed by atoms with Crippen molar-refractivity contribution in [3.63, 3.8) is 0 Å². The van der Waals surface area contributed by atoms with Gasteiger partial charge in [-0.05, 0) is 24.8 Å². The number of halogens is 7. The Morgan fingerprint density at radius 3 is 2.37 bits per heavy atom. The Labute approximate surface area is 165 Å². The van der Waals surface area contributed by atoms with Crippen LogP contribution in [-0.2, 0) is 4.79 Å². The van der Waals surface area contributed by atoms with Gasteiger partial charge in [-0.3, -0.25) is 9.59 Å². The average Bonchev–Trinajstić information content (AvgIpc) is 3.41. The minimum Gasteiger partial charge on any atom is -0.471 e. The topological polar surface area (TPSA) is 85.5 Å². The molecule has 13 heteroatoms. The molecule has 0 radical (unpaired) electrons. The van der Waals surface area contributed by atoms with Crippen LogP contribution in [0, 0.1) is 0 Å². The molecule has 1 atom stereocenters. The molecule has 2 heterocycles. The molecule has 2 amide bonds. The van der Waals surface area contributed by atoms with Crippen molar-refractivity contribution in [3.05, 3.63) is 23.4 Å². The second-order valence-electron chi connectivity index (χ2n) is 7.27. The molecule has 1 aromatic rings. The molecule has 0 unspecified atom stereocenters. The third kappa shape index (κ3) is 4.43. The second-order valence-corrected chi connectivity index (χ2v) is 7.27. The molecule has 1 aromatic heterocycles. The molecule has 3 rings (SSSR count). The largest absolute Gasteiger partial charge is 0.471 e. The predicted molar refractivity (Wildman–Crippen MR) is 86.3 cm³/mol. The molecule has 1 aliphatic carbocycles. The fraction of sp³-hybridized carbons (Fsp3) is 0.588. The number of primary amides is 1. The van der Waals surface area contributed by atoms with Crippen molar-refractivity contribution < 1.29 is 45.1 Å². The normalized spacial score (nSPS) is 21.6. The quantitative estimate of drug-likeness (QED) is 0.686. The predicted octanol–water partition coefficient (Wildman–Crippen LogP) is 2.87. The van der Waals surface area contributed by atoms with Crippen LogP contribution in [0.4, 0.5) is 30.7 Å². The number of amides is 2. The Hall–Kier alpha value is -2.60. The van der Waals surface area contributed by atoms with E-state index in [0.29, 0.717) is 17.7 Å². The lowest BCUT2D eigenvalue weighted by Gasteiger charge is -2.22. The van der Waals surface area contributed by atoms with E-state index in [9.17, 15) is 40.3 Å². The monoisotopic (exact) mass is 443 g/mol. The number of carbonyl (C=O) groups is 2. The summed E-state index contributed by atoms with van der Waals surface area (Å²) in [4.78, 5) is 28.2. The Bertz CT molecular complexity index is 855. The smallest absolute Gasteiger partial charge is 0.456 e. The van der Waals surface area contributed by atoms with E-state index >= 15 is 0 Å². The van der Waals surface area contributed by atoms with Crippen LogP contribution in [0.15, 0.2) is 12.1 Å². The van der Waals surface area contributed by atoms with Crippen molar-refractivity contribution in [1.29, 1.82) is 0 Å². The fourth-order valence-corrected chi connectivity index (χ4v) is 3.06. The molecule has 30 heavy (non-hydrogen) atoms. The highest BCUT2D eigenvalue weighted by molar-refractivity contribution is 5.96. The Morgan fingerprint density at radius 1 is 1.20 bits per heavy atom. The molecule has 0 bridgehead atoms. The number of likely N-dealkylation sites (tertiary alicyclic amines) is 1. The van der Waals surface area contributed by atoms with Crippen molar-refractivity contribution in [2.45, 2.75) is 49.2 Å².